The third-order valence-corrected chi connectivity index (χ3v) is 8.22. The first-order chi connectivity index (χ1) is 20.1. The van der Waals surface area contributed by atoms with Crippen LogP contribution in [0.2, 0.25) is 0 Å². The van der Waals surface area contributed by atoms with Crippen LogP contribution in [0.25, 0.3) is 0 Å². The first kappa shape index (κ1) is 44.9. The lowest BCUT2D eigenvalue weighted by molar-refractivity contribution is 0.204. The number of hydrogen-bond donors (Lipinski definition) is 1. The first-order valence-electron chi connectivity index (χ1n) is 19.0. The molecule has 0 bridgehead atoms. The maximum absolute atomic E-state index is 9.32. The van der Waals surface area contributed by atoms with Gasteiger partial charge in [0.25, 0.3) is 0 Å². The van der Waals surface area contributed by atoms with Gasteiger partial charge in [-0.25, -0.2) is 0 Å². The first-order valence-corrected chi connectivity index (χ1v) is 19.0. The standard InChI is InChI=1S/C16H34O.C16H32.C8H16/c1-3-5-7-9-10-12-14-16(15-17)13-11-8-6-4-2;1-4-6-8-10-11-13-15-16(3)14-12-9-7-5-2;1-3-5-7-8-6-4-2/h16-17H,3-15H2,1-2H3;3-15H2,1-2H3;3H,1,4-8H2,2H3. The molecule has 1 N–H and O–H groups in total. The van der Waals surface area contributed by atoms with E-state index in [-0.39, 0.29) is 0 Å². The quantitative estimate of drug-likeness (QED) is 0.0663. The van der Waals surface area contributed by atoms with Gasteiger partial charge in [-0.1, -0.05) is 188 Å². The fourth-order valence-corrected chi connectivity index (χ4v) is 5.20. The summed E-state index contributed by atoms with van der Waals surface area (Å²) >= 11 is 0. The van der Waals surface area contributed by atoms with Gasteiger partial charge in [-0.3, -0.25) is 0 Å². The van der Waals surface area contributed by atoms with E-state index in [1.807, 2.05) is 6.08 Å². The Bertz CT molecular complexity index is 454. The molecule has 0 aromatic carbocycles. The number of unbranched alkanes of at least 4 members (excludes halogenated alkanes) is 20. The minimum absolute atomic E-state index is 0.404. The molecule has 0 rings (SSSR count). The van der Waals surface area contributed by atoms with Crippen molar-refractivity contribution in [3.63, 3.8) is 0 Å². The lowest BCUT2D eigenvalue weighted by Crippen LogP contribution is -2.06. The van der Waals surface area contributed by atoms with Crippen molar-refractivity contribution >= 4 is 0 Å². The van der Waals surface area contributed by atoms with Gasteiger partial charge in [-0.2, -0.15) is 0 Å². The molecule has 0 fully saturated rings. The Morgan fingerprint density at radius 2 is 0.805 bits per heavy atom. The second-order valence-corrected chi connectivity index (χ2v) is 12.7. The lowest BCUT2D eigenvalue weighted by atomic mass is 9.95. The molecule has 0 radical (unpaired) electrons. The Morgan fingerprint density at radius 3 is 1.20 bits per heavy atom. The predicted molar refractivity (Wildman–Crippen MR) is 192 cm³/mol. The van der Waals surface area contributed by atoms with Crippen LogP contribution in [0.3, 0.4) is 0 Å². The van der Waals surface area contributed by atoms with E-state index < -0.39 is 0 Å². The third-order valence-electron chi connectivity index (χ3n) is 8.22. The van der Waals surface area contributed by atoms with Gasteiger partial charge in [-0.15, -0.1) is 6.58 Å². The number of hydrogen-bond acceptors (Lipinski definition) is 1. The molecule has 0 spiro atoms. The molecular formula is C40H82O. The Hall–Kier alpha value is -0.560. The van der Waals surface area contributed by atoms with Crippen LogP contribution >= 0.6 is 0 Å². The highest BCUT2D eigenvalue weighted by atomic mass is 16.3. The van der Waals surface area contributed by atoms with Crippen LogP contribution in [0.5, 0.6) is 0 Å². The molecule has 1 heteroatoms. The highest BCUT2D eigenvalue weighted by Gasteiger charge is 2.06. The van der Waals surface area contributed by atoms with Crippen molar-refractivity contribution in [3.05, 3.63) is 24.8 Å². The summed E-state index contributed by atoms with van der Waals surface area (Å²) in [5.41, 5.74) is 1.49. The van der Waals surface area contributed by atoms with E-state index in [4.69, 9.17) is 0 Å². The molecule has 1 atom stereocenters. The van der Waals surface area contributed by atoms with Crippen molar-refractivity contribution < 1.29 is 5.11 Å². The highest BCUT2D eigenvalue weighted by molar-refractivity contribution is 4.93. The average molecular weight is 579 g/mol. The van der Waals surface area contributed by atoms with Crippen molar-refractivity contribution in [1.82, 2.24) is 0 Å². The summed E-state index contributed by atoms with van der Waals surface area (Å²) in [6, 6.07) is 0. The summed E-state index contributed by atoms with van der Waals surface area (Å²) in [4.78, 5) is 0. The molecule has 0 aliphatic heterocycles. The zero-order chi connectivity index (χ0) is 31.1. The van der Waals surface area contributed by atoms with Crippen LogP contribution in [0.4, 0.5) is 0 Å². The van der Waals surface area contributed by atoms with Gasteiger partial charge in [-0.05, 0) is 57.3 Å². The minimum atomic E-state index is 0.404. The van der Waals surface area contributed by atoms with E-state index in [2.05, 4.69) is 47.8 Å². The van der Waals surface area contributed by atoms with Gasteiger partial charge in [0.1, 0.15) is 0 Å². The van der Waals surface area contributed by atoms with Gasteiger partial charge in [0.15, 0.2) is 0 Å². The summed E-state index contributed by atoms with van der Waals surface area (Å²) in [5, 5.41) is 9.32. The van der Waals surface area contributed by atoms with Crippen molar-refractivity contribution in [2.24, 2.45) is 5.92 Å². The summed E-state index contributed by atoms with van der Waals surface area (Å²) < 4.78 is 0. The van der Waals surface area contributed by atoms with Crippen LogP contribution in [0.1, 0.15) is 221 Å². The Kier molecular flexibility index (Phi) is 48.0. The van der Waals surface area contributed by atoms with Crippen LogP contribution < -0.4 is 0 Å². The maximum Gasteiger partial charge on any atom is 0.0459 e. The third kappa shape index (κ3) is 46.6. The second kappa shape index (κ2) is 43.9. The molecule has 0 saturated heterocycles. The Balaban J connectivity index is -0.000000562. The molecule has 0 amide bonds. The molecule has 0 aliphatic rings. The number of allylic oxidation sites excluding steroid dienone is 2. The van der Waals surface area contributed by atoms with Gasteiger partial charge >= 0.3 is 0 Å². The smallest absolute Gasteiger partial charge is 0.0459 e. The summed E-state index contributed by atoms with van der Waals surface area (Å²) in [6.07, 6.45) is 41.1. The zero-order valence-corrected chi connectivity index (χ0v) is 29.7. The van der Waals surface area contributed by atoms with Crippen molar-refractivity contribution in [2.45, 2.75) is 221 Å². The zero-order valence-electron chi connectivity index (χ0n) is 29.7. The molecule has 0 saturated carbocycles. The number of rotatable bonds is 30. The van der Waals surface area contributed by atoms with Crippen molar-refractivity contribution in [1.29, 1.82) is 0 Å². The largest absolute Gasteiger partial charge is 0.396 e. The molecular weight excluding hydrogens is 496 g/mol. The fourth-order valence-electron chi connectivity index (χ4n) is 5.20. The topological polar surface area (TPSA) is 20.2 Å². The van der Waals surface area contributed by atoms with Crippen LogP contribution in [0.15, 0.2) is 24.8 Å². The molecule has 248 valence electrons. The average Bonchev–Trinajstić information content (AvgIpc) is 2.99. The Labute approximate surface area is 262 Å². The van der Waals surface area contributed by atoms with Crippen LogP contribution in [-0.4, -0.2) is 11.7 Å². The monoisotopic (exact) mass is 579 g/mol. The lowest BCUT2D eigenvalue weighted by Gasteiger charge is -2.13. The van der Waals surface area contributed by atoms with E-state index in [0.29, 0.717) is 12.5 Å². The molecule has 1 nitrogen and oxygen atoms in total. The van der Waals surface area contributed by atoms with Crippen LogP contribution in [0, 0.1) is 5.92 Å². The van der Waals surface area contributed by atoms with E-state index in [9.17, 15) is 5.11 Å². The minimum Gasteiger partial charge on any atom is -0.396 e. The molecule has 0 aliphatic carbocycles. The second-order valence-electron chi connectivity index (χ2n) is 12.7. The summed E-state index contributed by atoms with van der Waals surface area (Å²) in [7, 11) is 0. The molecule has 41 heavy (non-hydrogen) atoms. The van der Waals surface area contributed by atoms with Gasteiger partial charge in [0.2, 0.25) is 0 Å². The normalized spacial score (nSPS) is 11.3. The SMILES string of the molecule is C=C(CCCCCC)CCCCCCCC.C=CCCCCCC.CCCCCCCCC(CO)CCCCCC. The van der Waals surface area contributed by atoms with E-state index in [1.54, 1.807) is 0 Å². The van der Waals surface area contributed by atoms with Crippen molar-refractivity contribution in [2.75, 3.05) is 6.61 Å². The number of aliphatic hydroxyl groups excluding tert-OH is 1. The summed E-state index contributed by atoms with van der Waals surface area (Å²) in [5.74, 6) is 0.582. The Morgan fingerprint density at radius 1 is 0.488 bits per heavy atom. The maximum atomic E-state index is 9.32. The molecule has 1 unspecified atom stereocenters. The molecule has 0 aromatic rings. The van der Waals surface area contributed by atoms with Crippen LogP contribution in [-0.2, 0) is 0 Å². The summed E-state index contributed by atoms with van der Waals surface area (Å²) in [6.45, 7) is 19.5. The van der Waals surface area contributed by atoms with Crippen molar-refractivity contribution in [3.8, 4) is 0 Å². The molecule has 0 aromatic heterocycles. The van der Waals surface area contributed by atoms with Gasteiger partial charge in [0.05, 0.1) is 0 Å². The van der Waals surface area contributed by atoms with Gasteiger partial charge in [0, 0.05) is 6.61 Å². The fraction of sp³-hybridized carbons (Fsp3) is 0.900. The van der Waals surface area contributed by atoms with E-state index >= 15 is 0 Å². The molecule has 0 heterocycles. The van der Waals surface area contributed by atoms with Gasteiger partial charge < -0.3 is 5.11 Å². The highest BCUT2D eigenvalue weighted by Crippen LogP contribution is 2.18. The van der Waals surface area contributed by atoms with E-state index in [0.717, 1.165) is 0 Å². The number of aliphatic hydroxyl groups is 1. The predicted octanol–water partition coefficient (Wildman–Crippen LogP) is 14.7. The van der Waals surface area contributed by atoms with E-state index in [1.165, 1.54) is 192 Å².